The second-order valence-corrected chi connectivity index (χ2v) is 6.07. The number of hydrogen-bond acceptors (Lipinski definition) is 5. The third-order valence-electron chi connectivity index (χ3n) is 4.02. The number of Topliss-reactive ketones (excluding diaryl/α,β-unsaturated/α-hetero) is 1. The summed E-state index contributed by atoms with van der Waals surface area (Å²) in [5, 5.41) is 2.63. The van der Waals surface area contributed by atoms with Crippen molar-refractivity contribution < 1.29 is 23.9 Å². The molecule has 1 N–H and O–H groups in total. The highest BCUT2D eigenvalue weighted by molar-refractivity contribution is 6.04. The molecule has 0 heterocycles. The van der Waals surface area contributed by atoms with Crippen LogP contribution < -0.4 is 10.1 Å². The van der Waals surface area contributed by atoms with Crippen LogP contribution in [0.15, 0.2) is 48.5 Å². The van der Waals surface area contributed by atoms with Crippen LogP contribution in [0.25, 0.3) is 0 Å². The van der Waals surface area contributed by atoms with Crippen molar-refractivity contribution in [3.63, 3.8) is 0 Å². The number of ketones is 1. The smallest absolute Gasteiger partial charge is 0.306 e. The molecular formula is C21H23NO5. The van der Waals surface area contributed by atoms with Crippen LogP contribution in [0.5, 0.6) is 5.75 Å². The second kappa shape index (κ2) is 9.52. The van der Waals surface area contributed by atoms with Crippen LogP contribution in [-0.2, 0) is 20.7 Å². The number of hydrogen-bond donors (Lipinski definition) is 1. The maximum Gasteiger partial charge on any atom is 0.306 e. The highest BCUT2D eigenvalue weighted by Gasteiger charge is 2.19. The summed E-state index contributed by atoms with van der Waals surface area (Å²) in [6.07, 6.45) is -0.299. The van der Waals surface area contributed by atoms with Crippen molar-refractivity contribution in [1.29, 1.82) is 0 Å². The third kappa shape index (κ3) is 5.95. The normalized spacial score (nSPS) is 11.4. The van der Waals surface area contributed by atoms with Crippen LogP contribution in [0.4, 0.5) is 5.69 Å². The molecule has 0 bridgehead atoms. The lowest BCUT2D eigenvalue weighted by Crippen LogP contribution is -2.30. The SMILES string of the molecule is COc1ccc(CCC(=O)O[C@@H](C)C(=O)Nc2ccccc2C(C)=O)cc1. The maximum absolute atomic E-state index is 12.3. The van der Waals surface area contributed by atoms with Gasteiger partial charge in [-0.1, -0.05) is 24.3 Å². The molecule has 6 nitrogen and oxygen atoms in total. The van der Waals surface area contributed by atoms with Crippen molar-refractivity contribution in [1.82, 2.24) is 0 Å². The number of nitrogens with one attached hydrogen (secondary N) is 1. The van der Waals surface area contributed by atoms with Crippen molar-refractivity contribution >= 4 is 23.3 Å². The summed E-state index contributed by atoms with van der Waals surface area (Å²) < 4.78 is 10.3. The number of benzene rings is 2. The first-order valence-electron chi connectivity index (χ1n) is 8.64. The van der Waals surface area contributed by atoms with Crippen molar-refractivity contribution in [2.24, 2.45) is 0 Å². The number of anilines is 1. The van der Waals surface area contributed by atoms with Crippen LogP contribution in [0.2, 0.25) is 0 Å². The molecule has 0 radical (unpaired) electrons. The average molecular weight is 369 g/mol. The summed E-state index contributed by atoms with van der Waals surface area (Å²) in [6.45, 7) is 2.92. The van der Waals surface area contributed by atoms with E-state index in [9.17, 15) is 14.4 Å². The molecule has 0 unspecified atom stereocenters. The number of aryl methyl sites for hydroxylation is 1. The largest absolute Gasteiger partial charge is 0.497 e. The van der Waals surface area contributed by atoms with Gasteiger partial charge in [-0.2, -0.15) is 0 Å². The van der Waals surface area contributed by atoms with Crippen LogP contribution >= 0.6 is 0 Å². The lowest BCUT2D eigenvalue weighted by molar-refractivity contribution is -0.153. The molecule has 2 rings (SSSR count). The van der Waals surface area contributed by atoms with Gasteiger partial charge in [0.2, 0.25) is 0 Å². The Morgan fingerprint density at radius 3 is 2.33 bits per heavy atom. The highest BCUT2D eigenvalue weighted by Crippen LogP contribution is 2.16. The molecule has 6 heteroatoms. The number of amides is 1. The van der Waals surface area contributed by atoms with Gasteiger partial charge in [0.15, 0.2) is 11.9 Å². The minimum absolute atomic E-state index is 0.157. The van der Waals surface area contributed by atoms with Gasteiger partial charge in [-0.3, -0.25) is 14.4 Å². The number of para-hydroxylation sites is 1. The fourth-order valence-corrected chi connectivity index (χ4v) is 2.48. The molecule has 0 aliphatic carbocycles. The number of ether oxygens (including phenoxy) is 2. The predicted molar refractivity (Wildman–Crippen MR) is 102 cm³/mol. The minimum atomic E-state index is -0.964. The Kier molecular flexibility index (Phi) is 7.11. The molecule has 0 saturated heterocycles. The van der Waals surface area contributed by atoms with E-state index in [2.05, 4.69) is 5.32 Å². The number of rotatable bonds is 8. The van der Waals surface area contributed by atoms with Crippen molar-refractivity contribution in [3.05, 3.63) is 59.7 Å². The lowest BCUT2D eigenvalue weighted by Gasteiger charge is -2.15. The Bertz CT molecular complexity index is 814. The van der Waals surface area contributed by atoms with Crippen molar-refractivity contribution in [3.8, 4) is 5.75 Å². The molecule has 2 aromatic carbocycles. The van der Waals surface area contributed by atoms with Gasteiger partial charge in [0, 0.05) is 12.0 Å². The summed E-state index contributed by atoms with van der Waals surface area (Å²) >= 11 is 0. The van der Waals surface area contributed by atoms with Gasteiger partial charge < -0.3 is 14.8 Å². The highest BCUT2D eigenvalue weighted by atomic mass is 16.5. The molecule has 0 spiro atoms. The third-order valence-corrected chi connectivity index (χ3v) is 4.02. The topological polar surface area (TPSA) is 81.7 Å². The van der Waals surface area contributed by atoms with E-state index >= 15 is 0 Å². The average Bonchev–Trinajstić information content (AvgIpc) is 2.67. The van der Waals surface area contributed by atoms with E-state index in [4.69, 9.17) is 9.47 Å². The van der Waals surface area contributed by atoms with Crippen molar-refractivity contribution in [2.75, 3.05) is 12.4 Å². The van der Waals surface area contributed by atoms with E-state index < -0.39 is 18.0 Å². The maximum atomic E-state index is 12.3. The first-order chi connectivity index (χ1) is 12.9. The van der Waals surface area contributed by atoms with Crippen molar-refractivity contribution in [2.45, 2.75) is 32.8 Å². The monoisotopic (exact) mass is 369 g/mol. The van der Waals surface area contributed by atoms with Crippen LogP contribution in [0.1, 0.15) is 36.2 Å². The lowest BCUT2D eigenvalue weighted by atomic mass is 10.1. The molecular weight excluding hydrogens is 346 g/mol. The van der Waals surface area contributed by atoms with Gasteiger partial charge in [-0.15, -0.1) is 0 Å². The first kappa shape index (κ1) is 20.2. The zero-order chi connectivity index (χ0) is 19.8. The fraction of sp³-hybridized carbons (Fsp3) is 0.286. The van der Waals surface area contributed by atoms with Crippen LogP contribution in [-0.4, -0.2) is 30.9 Å². The second-order valence-electron chi connectivity index (χ2n) is 6.07. The number of methoxy groups -OCH3 is 1. The van der Waals surface area contributed by atoms with E-state index in [1.807, 2.05) is 24.3 Å². The molecule has 0 saturated carbocycles. The van der Waals surface area contributed by atoms with Gasteiger partial charge >= 0.3 is 5.97 Å². The van der Waals surface area contributed by atoms with E-state index in [1.54, 1.807) is 31.4 Å². The van der Waals surface area contributed by atoms with E-state index in [-0.39, 0.29) is 12.2 Å². The molecule has 0 aliphatic heterocycles. The van der Waals surface area contributed by atoms with Gasteiger partial charge in [0.25, 0.3) is 5.91 Å². The molecule has 0 aliphatic rings. The molecule has 27 heavy (non-hydrogen) atoms. The van der Waals surface area contributed by atoms with Gasteiger partial charge in [-0.05, 0) is 50.1 Å². The van der Waals surface area contributed by atoms with Crippen LogP contribution in [0.3, 0.4) is 0 Å². The fourth-order valence-electron chi connectivity index (χ4n) is 2.48. The molecule has 0 aromatic heterocycles. The predicted octanol–water partition coefficient (Wildman–Crippen LogP) is 3.40. The van der Waals surface area contributed by atoms with Gasteiger partial charge in [0.1, 0.15) is 5.75 Å². The summed E-state index contributed by atoms with van der Waals surface area (Å²) in [7, 11) is 1.59. The molecule has 142 valence electrons. The Hall–Kier alpha value is -3.15. The van der Waals surface area contributed by atoms with Gasteiger partial charge in [0.05, 0.1) is 12.8 Å². The standard InChI is InChI=1S/C21H23NO5/c1-14(23)18-6-4-5-7-19(18)22-21(25)15(2)27-20(24)13-10-16-8-11-17(26-3)12-9-16/h4-9,11-12,15H,10,13H2,1-3H3,(H,22,25)/t15-/m0/s1. The number of esters is 1. The first-order valence-corrected chi connectivity index (χ1v) is 8.64. The quantitative estimate of drug-likeness (QED) is 0.570. The summed E-state index contributed by atoms with van der Waals surface area (Å²) in [5.41, 5.74) is 1.78. The summed E-state index contributed by atoms with van der Waals surface area (Å²) in [4.78, 5) is 35.9. The Morgan fingerprint density at radius 2 is 1.70 bits per heavy atom. The zero-order valence-electron chi connectivity index (χ0n) is 15.7. The summed E-state index contributed by atoms with van der Waals surface area (Å²) in [6, 6.07) is 14.1. The van der Waals surface area contributed by atoms with E-state index in [0.717, 1.165) is 11.3 Å². The number of carbonyl (C=O) groups is 3. The van der Waals surface area contributed by atoms with E-state index in [1.165, 1.54) is 13.8 Å². The molecule has 1 amide bonds. The minimum Gasteiger partial charge on any atom is -0.497 e. The Labute approximate surface area is 158 Å². The number of carbonyl (C=O) groups excluding carboxylic acids is 3. The molecule has 0 fully saturated rings. The molecule has 2 aromatic rings. The van der Waals surface area contributed by atoms with E-state index in [0.29, 0.717) is 17.7 Å². The van der Waals surface area contributed by atoms with Gasteiger partial charge in [-0.25, -0.2) is 0 Å². The zero-order valence-corrected chi connectivity index (χ0v) is 15.7. The Balaban J connectivity index is 1.86. The Morgan fingerprint density at radius 1 is 1.04 bits per heavy atom. The molecule has 1 atom stereocenters. The summed E-state index contributed by atoms with van der Waals surface area (Å²) in [5.74, 6) is -0.359. The van der Waals surface area contributed by atoms with Crippen LogP contribution in [0, 0.1) is 0 Å².